The number of aromatic amines is 1. The maximum atomic E-state index is 9.43. The molecule has 0 aliphatic rings. The van der Waals surface area contributed by atoms with Gasteiger partial charge in [0, 0.05) is 23.2 Å². The summed E-state index contributed by atoms with van der Waals surface area (Å²) in [6, 6.07) is 8.00. The Morgan fingerprint density at radius 2 is 2.20 bits per heavy atom. The molecule has 0 saturated carbocycles. The Bertz CT molecular complexity index is 561. The molecule has 0 radical (unpaired) electrons. The van der Waals surface area contributed by atoms with Crippen LogP contribution in [0.1, 0.15) is 26.1 Å². The highest BCUT2D eigenvalue weighted by Gasteiger charge is 2.20. The van der Waals surface area contributed by atoms with Gasteiger partial charge in [-0.2, -0.15) is 5.10 Å². The Morgan fingerprint density at radius 1 is 1.40 bits per heavy atom. The lowest BCUT2D eigenvalue weighted by atomic mass is 9.88. The van der Waals surface area contributed by atoms with Gasteiger partial charge in [-0.1, -0.05) is 26.0 Å². The predicted molar refractivity (Wildman–Crippen MR) is 80.5 cm³/mol. The molecule has 1 heterocycles. The van der Waals surface area contributed by atoms with Crippen LogP contribution in [-0.4, -0.2) is 33.4 Å². The Morgan fingerprint density at radius 3 is 2.80 bits per heavy atom. The molecule has 1 atom stereocenters. The lowest BCUT2D eigenvalue weighted by molar-refractivity contribution is 0.149. The quantitative estimate of drug-likeness (QED) is 0.757. The molecule has 5 heteroatoms. The minimum Gasteiger partial charge on any atom is -0.396 e. The number of H-pyrrole nitrogens is 1. The summed E-state index contributed by atoms with van der Waals surface area (Å²) >= 11 is 0. The number of hydrogen-bond acceptors (Lipinski definition) is 4. The summed E-state index contributed by atoms with van der Waals surface area (Å²) in [5.41, 5.74) is 1.89. The van der Waals surface area contributed by atoms with Crippen molar-refractivity contribution in [3.05, 3.63) is 30.1 Å². The number of nitrogens with zero attached hydrogens (tertiary/aromatic N) is 2. The van der Waals surface area contributed by atoms with E-state index in [-0.39, 0.29) is 12.0 Å². The third-order valence-electron chi connectivity index (χ3n) is 3.67. The Balaban J connectivity index is 2.10. The van der Waals surface area contributed by atoms with Gasteiger partial charge in [-0.3, -0.25) is 5.10 Å². The average Bonchev–Trinajstić information content (AvgIpc) is 2.92. The van der Waals surface area contributed by atoms with Gasteiger partial charge in [0.25, 0.3) is 0 Å². The molecule has 0 bridgehead atoms. The fourth-order valence-corrected chi connectivity index (χ4v) is 1.85. The second kappa shape index (κ2) is 6.05. The third kappa shape index (κ3) is 3.36. The monoisotopic (exact) mass is 274 g/mol. The van der Waals surface area contributed by atoms with E-state index in [1.165, 1.54) is 0 Å². The van der Waals surface area contributed by atoms with Crippen LogP contribution in [0.4, 0.5) is 5.69 Å². The van der Waals surface area contributed by atoms with Crippen LogP contribution in [0.25, 0.3) is 11.4 Å². The summed E-state index contributed by atoms with van der Waals surface area (Å²) in [4.78, 5) is 4.33. The SMILES string of the molecule is CCC(C)(CO)CNc1cccc(-c2n[nH]c(C)n2)c1. The van der Waals surface area contributed by atoms with Crippen molar-refractivity contribution in [2.45, 2.75) is 27.2 Å². The van der Waals surface area contributed by atoms with Crippen LogP contribution < -0.4 is 5.32 Å². The second-order valence-corrected chi connectivity index (χ2v) is 5.50. The van der Waals surface area contributed by atoms with Gasteiger partial charge in [-0.15, -0.1) is 0 Å². The Kier molecular flexibility index (Phi) is 4.39. The van der Waals surface area contributed by atoms with E-state index in [0.29, 0.717) is 5.82 Å². The van der Waals surface area contributed by atoms with E-state index in [2.05, 4.69) is 34.3 Å². The Labute approximate surface area is 119 Å². The molecule has 2 aromatic rings. The first-order valence-electron chi connectivity index (χ1n) is 6.90. The second-order valence-electron chi connectivity index (χ2n) is 5.50. The first kappa shape index (κ1) is 14.5. The van der Waals surface area contributed by atoms with Gasteiger partial charge in [0.15, 0.2) is 5.82 Å². The lowest BCUT2D eigenvalue weighted by Crippen LogP contribution is -2.29. The molecule has 1 unspecified atom stereocenters. The van der Waals surface area contributed by atoms with Gasteiger partial charge in [0.2, 0.25) is 0 Å². The molecule has 0 aliphatic heterocycles. The summed E-state index contributed by atoms with van der Waals surface area (Å²) in [6.45, 7) is 6.95. The lowest BCUT2D eigenvalue weighted by Gasteiger charge is -2.26. The first-order valence-corrected chi connectivity index (χ1v) is 6.90. The van der Waals surface area contributed by atoms with Crippen LogP contribution in [0.2, 0.25) is 0 Å². The van der Waals surface area contributed by atoms with Gasteiger partial charge in [0.1, 0.15) is 5.82 Å². The maximum Gasteiger partial charge on any atom is 0.181 e. The van der Waals surface area contributed by atoms with E-state index in [4.69, 9.17) is 0 Å². The molecule has 0 saturated heterocycles. The van der Waals surface area contributed by atoms with Crippen molar-refractivity contribution in [3.63, 3.8) is 0 Å². The van der Waals surface area contributed by atoms with Crippen LogP contribution in [-0.2, 0) is 0 Å². The van der Waals surface area contributed by atoms with Gasteiger partial charge in [-0.05, 0) is 25.5 Å². The van der Waals surface area contributed by atoms with Crippen LogP contribution in [0.15, 0.2) is 24.3 Å². The molecule has 0 spiro atoms. The smallest absolute Gasteiger partial charge is 0.181 e. The minimum atomic E-state index is -0.100. The van der Waals surface area contributed by atoms with Crippen LogP contribution >= 0.6 is 0 Å². The molecule has 3 N–H and O–H groups in total. The normalized spacial score (nSPS) is 14.0. The molecule has 2 rings (SSSR count). The average molecular weight is 274 g/mol. The van der Waals surface area contributed by atoms with Crippen molar-refractivity contribution < 1.29 is 5.11 Å². The highest BCUT2D eigenvalue weighted by molar-refractivity contribution is 5.62. The summed E-state index contributed by atoms with van der Waals surface area (Å²) in [7, 11) is 0. The van der Waals surface area contributed by atoms with Gasteiger partial charge in [0.05, 0.1) is 6.61 Å². The number of benzene rings is 1. The number of aromatic nitrogens is 3. The van der Waals surface area contributed by atoms with E-state index < -0.39 is 0 Å². The van der Waals surface area contributed by atoms with Crippen molar-refractivity contribution in [3.8, 4) is 11.4 Å². The molecule has 5 nitrogen and oxygen atoms in total. The van der Waals surface area contributed by atoms with Crippen LogP contribution in [0.3, 0.4) is 0 Å². The fraction of sp³-hybridized carbons (Fsp3) is 0.467. The van der Waals surface area contributed by atoms with E-state index in [1.807, 2.05) is 31.2 Å². The standard InChI is InChI=1S/C15H22N4O/c1-4-15(3,10-20)9-16-13-7-5-6-12(8-13)14-17-11(2)18-19-14/h5-8,16,20H,4,9-10H2,1-3H3,(H,17,18,19). The van der Waals surface area contributed by atoms with Crippen molar-refractivity contribution in [1.29, 1.82) is 0 Å². The van der Waals surface area contributed by atoms with E-state index in [9.17, 15) is 5.11 Å². The summed E-state index contributed by atoms with van der Waals surface area (Å²) in [6.07, 6.45) is 0.927. The molecule has 1 aromatic carbocycles. The first-order chi connectivity index (χ1) is 9.56. The fourth-order valence-electron chi connectivity index (χ4n) is 1.85. The maximum absolute atomic E-state index is 9.43. The molecule has 0 aliphatic carbocycles. The van der Waals surface area contributed by atoms with Gasteiger partial charge >= 0.3 is 0 Å². The highest BCUT2D eigenvalue weighted by atomic mass is 16.3. The van der Waals surface area contributed by atoms with Crippen molar-refractivity contribution in [2.75, 3.05) is 18.5 Å². The predicted octanol–water partition coefficient (Wildman–Crippen LogP) is 2.60. The summed E-state index contributed by atoms with van der Waals surface area (Å²) in [5, 5.41) is 19.8. The zero-order valence-corrected chi connectivity index (χ0v) is 12.3. The minimum absolute atomic E-state index is 0.100. The van der Waals surface area contributed by atoms with Crippen molar-refractivity contribution in [1.82, 2.24) is 15.2 Å². The molecule has 108 valence electrons. The number of aryl methyl sites for hydroxylation is 1. The molecule has 0 fully saturated rings. The van der Waals surface area contributed by atoms with E-state index >= 15 is 0 Å². The number of nitrogens with one attached hydrogen (secondary N) is 2. The van der Waals surface area contributed by atoms with Crippen molar-refractivity contribution >= 4 is 5.69 Å². The third-order valence-corrected chi connectivity index (χ3v) is 3.67. The molecule has 20 heavy (non-hydrogen) atoms. The molecular formula is C15H22N4O. The van der Waals surface area contributed by atoms with Gasteiger partial charge < -0.3 is 10.4 Å². The number of hydrogen-bond donors (Lipinski definition) is 3. The van der Waals surface area contributed by atoms with E-state index in [0.717, 1.165) is 30.0 Å². The Hall–Kier alpha value is -1.88. The molecule has 1 aromatic heterocycles. The largest absolute Gasteiger partial charge is 0.396 e. The number of rotatable bonds is 6. The zero-order chi connectivity index (χ0) is 14.6. The van der Waals surface area contributed by atoms with E-state index in [1.54, 1.807) is 0 Å². The molecule has 0 amide bonds. The number of aliphatic hydroxyl groups is 1. The van der Waals surface area contributed by atoms with Crippen LogP contribution in [0.5, 0.6) is 0 Å². The molecular weight excluding hydrogens is 252 g/mol. The van der Waals surface area contributed by atoms with Crippen LogP contribution in [0, 0.1) is 12.3 Å². The topological polar surface area (TPSA) is 73.8 Å². The number of aliphatic hydroxyl groups excluding tert-OH is 1. The zero-order valence-electron chi connectivity index (χ0n) is 12.3. The number of anilines is 1. The highest BCUT2D eigenvalue weighted by Crippen LogP contribution is 2.23. The van der Waals surface area contributed by atoms with Gasteiger partial charge in [-0.25, -0.2) is 4.98 Å². The van der Waals surface area contributed by atoms with Crippen molar-refractivity contribution in [2.24, 2.45) is 5.41 Å². The summed E-state index contributed by atoms with van der Waals surface area (Å²) in [5.74, 6) is 1.50. The summed E-state index contributed by atoms with van der Waals surface area (Å²) < 4.78 is 0.